The maximum Gasteiger partial charge on any atom is 0.253 e. The summed E-state index contributed by atoms with van der Waals surface area (Å²) in [5.74, 6) is -2.87. The molecule has 0 saturated carbocycles. The number of fused-ring (bicyclic) bond motifs is 1. The van der Waals surface area contributed by atoms with E-state index in [1.165, 1.54) is 0 Å². The van der Waals surface area contributed by atoms with Gasteiger partial charge < -0.3 is 9.72 Å². The Bertz CT molecular complexity index is 911. The lowest BCUT2D eigenvalue weighted by Gasteiger charge is -2.06. The van der Waals surface area contributed by atoms with Crippen LogP contribution in [0.1, 0.15) is 16.1 Å². The quantitative estimate of drug-likeness (QED) is 0.725. The summed E-state index contributed by atoms with van der Waals surface area (Å²) in [5, 5.41) is 2.95. The molecule has 0 aliphatic carbocycles. The van der Waals surface area contributed by atoms with Gasteiger partial charge in [-0.05, 0) is 24.3 Å². The largest absolute Gasteiger partial charge is 0.346 e. The van der Waals surface area contributed by atoms with Crippen molar-refractivity contribution in [2.24, 2.45) is 0 Å². The third-order valence-corrected chi connectivity index (χ3v) is 3.69. The molecular weight excluding hydrogens is 347 g/mol. The molecule has 0 spiro atoms. The Morgan fingerprint density at radius 1 is 1.17 bits per heavy atom. The van der Waals surface area contributed by atoms with Crippen LogP contribution in [-0.4, -0.2) is 15.3 Å². The summed E-state index contributed by atoms with van der Waals surface area (Å²) in [5.41, 5.74) is 1.11. The smallest absolute Gasteiger partial charge is 0.253 e. The van der Waals surface area contributed by atoms with E-state index in [4.69, 9.17) is 23.2 Å². The Morgan fingerprint density at radius 2 is 1.91 bits per heavy atom. The summed E-state index contributed by atoms with van der Waals surface area (Å²) in [7, 11) is 0. The molecule has 1 amide bonds. The van der Waals surface area contributed by atoms with Gasteiger partial charge in [0, 0.05) is 12.4 Å². The Labute approximate surface area is 139 Å². The molecule has 2 aromatic heterocycles. The summed E-state index contributed by atoms with van der Waals surface area (Å²) in [6.07, 6.45) is 3.38. The second kappa shape index (κ2) is 6.14. The average molecular weight is 356 g/mol. The van der Waals surface area contributed by atoms with Gasteiger partial charge in [0.2, 0.25) is 0 Å². The number of hydrogen-bond acceptors (Lipinski definition) is 2. The van der Waals surface area contributed by atoms with Gasteiger partial charge in [-0.25, -0.2) is 13.8 Å². The molecule has 0 bridgehead atoms. The van der Waals surface area contributed by atoms with Gasteiger partial charge in [-0.15, -0.1) is 0 Å². The highest BCUT2D eigenvalue weighted by atomic mass is 35.5. The zero-order valence-electron chi connectivity index (χ0n) is 11.5. The molecule has 0 radical (unpaired) electrons. The number of nitrogens with zero attached hydrogens (tertiary/aromatic N) is 2. The third-order valence-electron chi connectivity index (χ3n) is 3.15. The second-order valence-electron chi connectivity index (χ2n) is 4.77. The van der Waals surface area contributed by atoms with Crippen molar-refractivity contribution in [3.8, 4) is 0 Å². The number of imidazole rings is 1. The van der Waals surface area contributed by atoms with E-state index in [-0.39, 0.29) is 17.1 Å². The van der Waals surface area contributed by atoms with Crippen molar-refractivity contribution in [3.63, 3.8) is 0 Å². The maximum absolute atomic E-state index is 13.2. The van der Waals surface area contributed by atoms with Crippen LogP contribution in [0.15, 0.2) is 36.7 Å². The monoisotopic (exact) mass is 355 g/mol. The summed E-state index contributed by atoms with van der Waals surface area (Å²) in [6, 6.07) is 4.96. The molecule has 4 nitrogen and oxygen atoms in total. The van der Waals surface area contributed by atoms with Gasteiger partial charge in [0.05, 0.1) is 27.8 Å². The van der Waals surface area contributed by atoms with E-state index in [0.717, 1.165) is 12.1 Å². The highest BCUT2D eigenvalue weighted by molar-refractivity contribution is 6.33. The highest BCUT2D eigenvalue weighted by Gasteiger charge is 2.15. The SMILES string of the molecule is O=C(NCc1cn2cc(Cl)ccc2n1)c1cc(F)c(F)cc1Cl. The van der Waals surface area contributed by atoms with Crippen molar-refractivity contribution in [2.45, 2.75) is 6.54 Å². The van der Waals surface area contributed by atoms with E-state index >= 15 is 0 Å². The lowest BCUT2D eigenvalue weighted by atomic mass is 10.2. The normalized spacial score (nSPS) is 11.0. The van der Waals surface area contributed by atoms with E-state index in [9.17, 15) is 13.6 Å². The van der Waals surface area contributed by atoms with Crippen molar-refractivity contribution in [2.75, 3.05) is 0 Å². The number of carbonyl (C=O) groups is 1. The maximum atomic E-state index is 13.2. The fourth-order valence-corrected chi connectivity index (χ4v) is 2.47. The van der Waals surface area contributed by atoms with Gasteiger partial charge >= 0.3 is 0 Å². The van der Waals surface area contributed by atoms with Gasteiger partial charge in [-0.1, -0.05) is 23.2 Å². The predicted molar refractivity (Wildman–Crippen MR) is 82.7 cm³/mol. The molecule has 23 heavy (non-hydrogen) atoms. The first-order chi connectivity index (χ1) is 10.9. The van der Waals surface area contributed by atoms with E-state index in [1.807, 2.05) is 0 Å². The first kappa shape index (κ1) is 15.7. The fraction of sp³-hybridized carbons (Fsp3) is 0.0667. The van der Waals surface area contributed by atoms with Gasteiger partial charge in [-0.2, -0.15) is 0 Å². The average Bonchev–Trinajstić information content (AvgIpc) is 2.90. The van der Waals surface area contributed by atoms with Gasteiger partial charge in [0.15, 0.2) is 11.6 Å². The molecule has 0 saturated heterocycles. The lowest BCUT2D eigenvalue weighted by molar-refractivity contribution is 0.0950. The predicted octanol–water partition coefficient (Wildman–Crippen LogP) is 3.85. The highest BCUT2D eigenvalue weighted by Crippen LogP contribution is 2.20. The van der Waals surface area contributed by atoms with Crippen LogP contribution in [-0.2, 0) is 6.54 Å². The Morgan fingerprint density at radius 3 is 2.70 bits per heavy atom. The van der Waals surface area contributed by atoms with E-state index in [0.29, 0.717) is 16.4 Å². The van der Waals surface area contributed by atoms with Crippen LogP contribution in [0.4, 0.5) is 8.78 Å². The first-order valence-corrected chi connectivity index (χ1v) is 7.25. The van der Waals surface area contributed by atoms with Gasteiger partial charge in [0.1, 0.15) is 5.65 Å². The van der Waals surface area contributed by atoms with Crippen LogP contribution in [0.5, 0.6) is 0 Å². The van der Waals surface area contributed by atoms with Crippen LogP contribution in [0.3, 0.4) is 0 Å². The van der Waals surface area contributed by atoms with Crippen LogP contribution < -0.4 is 5.32 Å². The molecule has 3 rings (SSSR count). The number of carbonyl (C=O) groups excluding carboxylic acids is 1. The van der Waals surface area contributed by atoms with Gasteiger partial charge in [0.25, 0.3) is 5.91 Å². The van der Waals surface area contributed by atoms with E-state index in [2.05, 4.69) is 10.3 Å². The topological polar surface area (TPSA) is 46.4 Å². The van der Waals surface area contributed by atoms with Crippen LogP contribution in [0.2, 0.25) is 10.0 Å². The molecule has 118 valence electrons. The number of pyridine rings is 1. The van der Waals surface area contributed by atoms with Crippen LogP contribution in [0, 0.1) is 11.6 Å². The fourth-order valence-electron chi connectivity index (χ4n) is 2.07. The zero-order chi connectivity index (χ0) is 16.6. The Balaban J connectivity index is 1.76. The minimum atomic E-state index is -1.14. The van der Waals surface area contributed by atoms with E-state index in [1.54, 1.807) is 28.9 Å². The van der Waals surface area contributed by atoms with Crippen LogP contribution >= 0.6 is 23.2 Å². The van der Waals surface area contributed by atoms with Crippen molar-refractivity contribution >= 4 is 34.8 Å². The summed E-state index contributed by atoms with van der Waals surface area (Å²) in [6.45, 7) is 0.105. The van der Waals surface area contributed by atoms with Crippen molar-refractivity contribution in [3.05, 3.63) is 69.6 Å². The molecule has 0 unspecified atom stereocenters. The molecular formula is C15H9Cl2F2N3O. The Kier molecular flexibility index (Phi) is 4.19. The Hall–Kier alpha value is -2.18. The first-order valence-electron chi connectivity index (χ1n) is 6.50. The third kappa shape index (κ3) is 3.28. The van der Waals surface area contributed by atoms with E-state index < -0.39 is 17.5 Å². The number of benzene rings is 1. The van der Waals surface area contributed by atoms with Crippen molar-refractivity contribution in [1.29, 1.82) is 0 Å². The summed E-state index contributed by atoms with van der Waals surface area (Å²) < 4.78 is 27.9. The lowest BCUT2D eigenvalue weighted by Crippen LogP contribution is -2.23. The molecule has 3 aromatic rings. The molecule has 1 aromatic carbocycles. The number of amides is 1. The van der Waals surface area contributed by atoms with Gasteiger partial charge in [-0.3, -0.25) is 4.79 Å². The molecule has 0 aliphatic heterocycles. The molecule has 0 fully saturated rings. The molecule has 8 heteroatoms. The molecule has 2 heterocycles. The number of hydrogen-bond donors (Lipinski definition) is 1. The minimum Gasteiger partial charge on any atom is -0.346 e. The number of rotatable bonds is 3. The molecule has 0 atom stereocenters. The number of aromatic nitrogens is 2. The second-order valence-corrected chi connectivity index (χ2v) is 5.62. The standard InChI is InChI=1S/C15H9Cl2F2N3O/c16-8-1-2-14-21-9(7-22(14)6-8)5-20-15(23)10-3-12(18)13(19)4-11(10)17/h1-4,6-7H,5H2,(H,20,23). The summed E-state index contributed by atoms with van der Waals surface area (Å²) >= 11 is 11.6. The van der Waals surface area contributed by atoms with Crippen LogP contribution in [0.25, 0.3) is 5.65 Å². The minimum absolute atomic E-state index is 0.105. The molecule has 0 aliphatic rings. The summed E-state index contributed by atoms with van der Waals surface area (Å²) in [4.78, 5) is 16.3. The number of halogens is 4. The van der Waals surface area contributed by atoms with Crippen molar-refractivity contribution < 1.29 is 13.6 Å². The number of nitrogens with one attached hydrogen (secondary N) is 1. The van der Waals surface area contributed by atoms with Crippen molar-refractivity contribution in [1.82, 2.24) is 14.7 Å². The molecule has 1 N–H and O–H groups in total. The zero-order valence-corrected chi connectivity index (χ0v) is 13.0.